The molecule has 2 fully saturated rings. The Kier molecular flexibility index (Phi) is 13.3. The highest BCUT2D eigenvalue weighted by Crippen LogP contribution is 2.47. The largest absolute Gasteiger partial charge is 0.479 e. The first-order chi connectivity index (χ1) is 31.8. The Morgan fingerprint density at radius 3 is 1.39 bits per heavy atom. The number of amides is 1. The van der Waals surface area contributed by atoms with Crippen LogP contribution in [0.15, 0.2) is 131 Å². The maximum absolute atomic E-state index is 13.2. The summed E-state index contributed by atoms with van der Waals surface area (Å²) < 4.78 is 41.6. The Hall–Kier alpha value is -5.76. The number of nitrogens with one attached hydrogen (secondary N) is 1. The van der Waals surface area contributed by atoms with E-state index in [4.69, 9.17) is 14.6 Å². The zero-order valence-corrected chi connectivity index (χ0v) is 41.4. The highest BCUT2D eigenvalue weighted by Gasteiger charge is 2.46. The summed E-state index contributed by atoms with van der Waals surface area (Å²) in [6.07, 6.45) is 3.54. The second kappa shape index (κ2) is 18.7. The van der Waals surface area contributed by atoms with E-state index in [1.54, 1.807) is 24.3 Å². The predicted molar refractivity (Wildman–Crippen MR) is 265 cm³/mol. The fourth-order valence-electron chi connectivity index (χ4n) is 9.36. The highest BCUT2D eigenvalue weighted by atomic mass is 32.2. The summed E-state index contributed by atoms with van der Waals surface area (Å²) in [6.45, 7) is 19.1. The first kappa shape index (κ1) is 47.7. The summed E-state index contributed by atoms with van der Waals surface area (Å²) in [4.78, 5) is 27.1. The lowest BCUT2D eigenvalue weighted by atomic mass is 9.86. The monoisotopic (exact) mass is 942 g/mol. The van der Waals surface area contributed by atoms with Gasteiger partial charge in [-0.25, -0.2) is 4.79 Å². The number of aromatic nitrogens is 2. The van der Waals surface area contributed by atoms with Gasteiger partial charge in [-0.05, 0) is 166 Å². The van der Waals surface area contributed by atoms with Crippen molar-refractivity contribution >= 4 is 33.5 Å². The molecule has 0 aliphatic carbocycles. The fraction of sp³-hybridized carbons (Fsp3) is 0.370. The van der Waals surface area contributed by atoms with Gasteiger partial charge in [0.25, 0.3) is 5.91 Å². The molecule has 2 atom stereocenters. The minimum Gasteiger partial charge on any atom is -0.479 e. The third-order valence-electron chi connectivity index (χ3n) is 12.9. The molecule has 2 saturated heterocycles. The van der Waals surface area contributed by atoms with Crippen LogP contribution in [0.25, 0.3) is 11.4 Å². The minimum atomic E-state index is -1.12. The number of rotatable bonds is 4. The molecule has 6 aromatic rings. The van der Waals surface area contributed by atoms with Gasteiger partial charge in [0, 0.05) is 75.0 Å². The SMILES string of the molecule is CC(C)(C)S(=O)c1ccc(C(=O)O)cc1.Cc1ccc2n1-c1ccccc1OC21CCN(C(=O)c2ccc(S(=O)C(C)(C)C)cc2)CC1.Cc1ccc2n1-c1ccccc1OC21CCNCC1. The van der Waals surface area contributed by atoms with Gasteiger partial charge in [-0.2, -0.15) is 0 Å². The number of carboxylic acid groups (broad SMARTS) is 1. The summed E-state index contributed by atoms with van der Waals surface area (Å²) >= 11 is 0. The van der Waals surface area contributed by atoms with Gasteiger partial charge in [-0.15, -0.1) is 0 Å². The van der Waals surface area contributed by atoms with Crippen LogP contribution in [-0.2, 0) is 32.8 Å². The zero-order valence-electron chi connectivity index (χ0n) is 39.8. The summed E-state index contributed by atoms with van der Waals surface area (Å²) in [5, 5.41) is 12.1. The number of aromatic carboxylic acids is 1. The van der Waals surface area contributed by atoms with Gasteiger partial charge >= 0.3 is 5.97 Å². The fourth-order valence-corrected chi connectivity index (χ4v) is 11.5. The minimum absolute atomic E-state index is 0.0145. The second-order valence-corrected chi connectivity index (χ2v) is 24.1. The normalized spacial score (nSPS) is 17.3. The van der Waals surface area contributed by atoms with Crippen LogP contribution in [0.1, 0.15) is 111 Å². The molecule has 67 heavy (non-hydrogen) atoms. The van der Waals surface area contributed by atoms with Crippen molar-refractivity contribution in [2.75, 3.05) is 26.2 Å². The Bertz CT molecular complexity index is 2820. The third-order valence-corrected chi connectivity index (χ3v) is 16.5. The molecule has 2 aromatic heterocycles. The van der Waals surface area contributed by atoms with E-state index in [0.29, 0.717) is 23.5 Å². The van der Waals surface area contributed by atoms with E-state index in [9.17, 15) is 18.0 Å². The molecule has 2 N–H and O–H groups in total. The number of fused-ring (bicyclic) bond motifs is 8. The van der Waals surface area contributed by atoms with E-state index >= 15 is 0 Å². The molecule has 4 aliphatic rings. The van der Waals surface area contributed by atoms with Gasteiger partial charge in [0.2, 0.25) is 0 Å². The number of hydrogen-bond donors (Lipinski definition) is 2. The topological polar surface area (TPSA) is 132 Å². The van der Waals surface area contributed by atoms with Gasteiger partial charge in [0.05, 0.1) is 49.9 Å². The molecular weight excluding hydrogens is 881 g/mol. The van der Waals surface area contributed by atoms with E-state index in [-0.39, 0.29) is 26.6 Å². The quantitative estimate of drug-likeness (QED) is 0.179. The molecule has 4 aromatic carbocycles. The average Bonchev–Trinajstić information content (AvgIpc) is 3.92. The molecular formula is C54H62N4O7S2. The smallest absolute Gasteiger partial charge is 0.335 e. The van der Waals surface area contributed by atoms with Crippen LogP contribution < -0.4 is 14.8 Å². The molecule has 0 saturated carbocycles. The Labute approximate surface area is 399 Å². The molecule has 2 spiro atoms. The van der Waals surface area contributed by atoms with Crippen molar-refractivity contribution in [3.8, 4) is 22.9 Å². The first-order valence-electron chi connectivity index (χ1n) is 23.0. The van der Waals surface area contributed by atoms with Crippen LogP contribution in [-0.4, -0.2) is 75.1 Å². The predicted octanol–water partition coefficient (Wildman–Crippen LogP) is 10.3. The van der Waals surface area contributed by atoms with Crippen LogP contribution in [0.3, 0.4) is 0 Å². The number of nitrogens with zero attached hydrogens (tertiary/aromatic N) is 3. The van der Waals surface area contributed by atoms with Crippen LogP contribution in [0, 0.1) is 13.8 Å². The number of piperidine rings is 2. The van der Waals surface area contributed by atoms with Crippen molar-refractivity contribution in [1.82, 2.24) is 19.4 Å². The number of aryl methyl sites for hydroxylation is 2. The van der Waals surface area contributed by atoms with E-state index in [0.717, 1.165) is 60.9 Å². The van der Waals surface area contributed by atoms with Gasteiger partial charge < -0.3 is 33.9 Å². The summed E-state index contributed by atoms with van der Waals surface area (Å²) in [5.41, 5.74) is 7.47. The van der Waals surface area contributed by atoms with Crippen molar-refractivity contribution in [2.24, 2.45) is 0 Å². The number of benzene rings is 4. The highest BCUT2D eigenvalue weighted by molar-refractivity contribution is 7.86. The van der Waals surface area contributed by atoms with Crippen molar-refractivity contribution in [1.29, 1.82) is 0 Å². The number of likely N-dealkylation sites (tertiary alicyclic amines) is 1. The molecule has 1 amide bonds. The standard InChI is InChI=1S/C27H30N2O3S.C16H18N2O.C11H14O3S/c1-19-9-14-24-27(32-23-8-6-5-7-22(23)29(19)24)15-17-28(18-16-27)25(30)20-10-12-21(13-11-20)33(31)26(2,3)4;1-12-6-7-15-16(8-10-17-11-9-16)19-14-5-3-2-4-13(14)18(12)15;1-11(2,3)15(14)9-6-4-8(5-7-9)10(12)13/h5-14H,15-18H2,1-4H3;2-7,17H,8-11H2,1H3;4-7H,1-3H3,(H,12,13). The van der Waals surface area contributed by atoms with Crippen molar-refractivity contribution < 1.29 is 32.6 Å². The van der Waals surface area contributed by atoms with Crippen LogP contribution in [0.4, 0.5) is 0 Å². The van der Waals surface area contributed by atoms with E-state index in [2.05, 4.69) is 82.9 Å². The van der Waals surface area contributed by atoms with Crippen molar-refractivity contribution in [2.45, 2.75) is 112 Å². The third kappa shape index (κ3) is 9.55. The molecule has 352 valence electrons. The Morgan fingerprint density at radius 1 is 0.567 bits per heavy atom. The van der Waals surface area contributed by atoms with Crippen molar-refractivity contribution in [3.05, 3.63) is 155 Å². The Morgan fingerprint density at radius 2 is 0.970 bits per heavy atom. The van der Waals surface area contributed by atoms with E-state index < -0.39 is 33.2 Å². The molecule has 4 aliphatic heterocycles. The summed E-state index contributed by atoms with van der Waals surface area (Å²) in [5.74, 6) is 0.950. The number of carboxylic acids is 1. The molecule has 6 heterocycles. The zero-order chi connectivity index (χ0) is 47.9. The van der Waals surface area contributed by atoms with Gasteiger partial charge in [0.1, 0.15) is 11.5 Å². The first-order valence-corrected chi connectivity index (χ1v) is 25.3. The molecule has 0 bridgehead atoms. The molecule has 13 heteroatoms. The van der Waals surface area contributed by atoms with Crippen molar-refractivity contribution in [3.63, 3.8) is 0 Å². The number of ether oxygens (including phenoxy) is 2. The lowest BCUT2D eigenvalue weighted by molar-refractivity contribution is -0.00947. The van der Waals surface area contributed by atoms with Gasteiger partial charge in [-0.1, -0.05) is 24.3 Å². The second-order valence-electron chi connectivity index (χ2n) is 19.7. The molecule has 2 unspecified atom stereocenters. The lowest BCUT2D eigenvalue weighted by Gasteiger charge is -2.45. The van der Waals surface area contributed by atoms with Crippen LogP contribution in [0.2, 0.25) is 0 Å². The maximum Gasteiger partial charge on any atom is 0.335 e. The number of hydrogen-bond acceptors (Lipinski definition) is 7. The Balaban J connectivity index is 0.000000151. The molecule has 10 rings (SSSR count). The molecule has 0 radical (unpaired) electrons. The van der Waals surface area contributed by atoms with E-state index in [1.165, 1.54) is 40.6 Å². The van der Waals surface area contributed by atoms with Gasteiger partial charge in [0.15, 0.2) is 11.2 Å². The van der Waals surface area contributed by atoms with Crippen LogP contribution in [0.5, 0.6) is 11.5 Å². The van der Waals surface area contributed by atoms with Gasteiger partial charge in [-0.3, -0.25) is 13.2 Å². The number of carbonyl (C=O) groups is 2. The average molecular weight is 943 g/mol. The maximum atomic E-state index is 13.2. The number of carbonyl (C=O) groups excluding carboxylic acids is 1. The summed E-state index contributed by atoms with van der Waals surface area (Å²) in [7, 11) is -2.23. The van der Waals surface area contributed by atoms with Crippen LogP contribution >= 0.6 is 0 Å². The summed E-state index contributed by atoms with van der Waals surface area (Å²) in [6, 6.07) is 38.6. The molecule has 11 nitrogen and oxygen atoms in total. The number of para-hydroxylation sites is 4. The van der Waals surface area contributed by atoms with E-state index in [1.807, 2.05) is 76.8 Å². The lowest BCUT2D eigenvalue weighted by Crippen LogP contribution is -2.50.